The molecule has 0 atom stereocenters. The third-order valence-electron chi connectivity index (χ3n) is 1.66. The van der Waals surface area contributed by atoms with Crippen LogP contribution >= 0.6 is 11.6 Å². The molecule has 0 amide bonds. The molecule has 0 heterocycles. The zero-order valence-electron chi connectivity index (χ0n) is 9.16. The van der Waals surface area contributed by atoms with E-state index in [2.05, 4.69) is 4.72 Å². The van der Waals surface area contributed by atoms with Crippen molar-refractivity contribution in [3.8, 4) is 5.75 Å². The summed E-state index contributed by atoms with van der Waals surface area (Å²) in [4.78, 5) is 0. The number of nitrogens with one attached hydrogen (secondary N) is 2. The third kappa shape index (κ3) is 4.03. The van der Waals surface area contributed by atoms with Crippen LogP contribution in [0.25, 0.3) is 0 Å². The van der Waals surface area contributed by atoms with E-state index in [0.29, 0.717) is 0 Å². The third-order valence-corrected chi connectivity index (χ3v) is 3.22. The van der Waals surface area contributed by atoms with Crippen LogP contribution in [0.15, 0.2) is 12.1 Å². The Morgan fingerprint density at radius 2 is 2.00 bits per heavy atom. The highest BCUT2D eigenvalue weighted by Crippen LogP contribution is 2.33. The molecule has 1 rings (SSSR count). The first-order valence-electron chi connectivity index (χ1n) is 4.69. The first-order valence-corrected chi connectivity index (χ1v) is 6.55. The van der Waals surface area contributed by atoms with Gasteiger partial charge in [0.1, 0.15) is 5.82 Å². The Morgan fingerprint density at radius 1 is 1.41 bits per heavy atom. The molecule has 0 spiro atoms. The topological polar surface area (TPSA) is 78.4 Å². The summed E-state index contributed by atoms with van der Waals surface area (Å²) in [5.41, 5.74) is -0.317. The minimum atomic E-state index is -3.88. The van der Waals surface area contributed by atoms with Crippen LogP contribution < -0.4 is 9.44 Å². The van der Waals surface area contributed by atoms with Gasteiger partial charge in [0.05, 0.1) is 10.7 Å². The number of phenolic OH excluding ortho intramolecular Hbond substituents is 1. The Kier molecular flexibility index (Phi) is 4.18. The highest BCUT2D eigenvalue weighted by molar-refractivity contribution is 7.90. The summed E-state index contributed by atoms with van der Waals surface area (Å²) in [5, 5.41) is 9.20. The fourth-order valence-corrected chi connectivity index (χ4v) is 2.46. The van der Waals surface area contributed by atoms with Crippen molar-refractivity contribution >= 4 is 27.5 Å². The van der Waals surface area contributed by atoms with Gasteiger partial charge in [0.15, 0.2) is 5.75 Å². The molecule has 1 aromatic carbocycles. The number of halogens is 2. The van der Waals surface area contributed by atoms with Gasteiger partial charge < -0.3 is 5.11 Å². The van der Waals surface area contributed by atoms with Crippen LogP contribution in [-0.2, 0) is 10.2 Å². The Bertz CT molecular complexity index is 519. The van der Waals surface area contributed by atoms with Crippen LogP contribution in [0.3, 0.4) is 0 Å². The molecule has 1 aromatic rings. The molecule has 0 aliphatic rings. The molecule has 0 radical (unpaired) electrons. The maximum Gasteiger partial charge on any atom is 0.299 e. The average Bonchev–Trinajstić information content (AvgIpc) is 2.10. The molecule has 5 nitrogen and oxygen atoms in total. The zero-order valence-corrected chi connectivity index (χ0v) is 10.7. The molecular weight excluding hydrogens is 271 g/mol. The second-order valence-electron chi connectivity index (χ2n) is 3.66. The van der Waals surface area contributed by atoms with E-state index < -0.39 is 21.8 Å². The number of anilines is 1. The quantitative estimate of drug-likeness (QED) is 0.737. The van der Waals surface area contributed by atoms with Crippen molar-refractivity contribution in [3.05, 3.63) is 23.0 Å². The van der Waals surface area contributed by atoms with Gasteiger partial charge in [-0.3, -0.25) is 4.72 Å². The highest BCUT2D eigenvalue weighted by atomic mass is 35.5. The van der Waals surface area contributed by atoms with Gasteiger partial charge in [-0.05, 0) is 19.9 Å². The second-order valence-corrected chi connectivity index (χ2v) is 5.52. The van der Waals surface area contributed by atoms with E-state index in [9.17, 15) is 17.9 Å². The summed E-state index contributed by atoms with van der Waals surface area (Å²) >= 11 is 5.51. The van der Waals surface area contributed by atoms with Crippen LogP contribution in [0.5, 0.6) is 5.75 Å². The van der Waals surface area contributed by atoms with Gasteiger partial charge in [-0.2, -0.15) is 13.1 Å². The Balaban J connectivity index is 3.04. The van der Waals surface area contributed by atoms with E-state index in [1.165, 1.54) is 0 Å². The molecule has 96 valence electrons. The van der Waals surface area contributed by atoms with Gasteiger partial charge in [-0.1, -0.05) is 11.6 Å². The van der Waals surface area contributed by atoms with E-state index in [0.717, 1.165) is 12.1 Å². The molecule has 3 N–H and O–H groups in total. The number of hydrogen-bond acceptors (Lipinski definition) is 3. The lowest BCUT2D eigenvalue weighted by Gasteiger charge is -2.13. The summed E-state index contributed by atoms with van der Waals surface area (Å²) in [6.07, 6.45) is 0. The monoisotopic (exact) mass is 282 g/mol. The van der Waals surface area contributed by atoms with Crippen molar-refractivity contribution in [3.63, 3.8) is 0 Å². The van der Waals surface area contributed by atoms with Gasteiger partial charge in [0, 0.05) is 12.1 Å². The lowest BCUT2D eigenvalue weighted by atomic mass is 10.3. The van der Waals surface area contributed by atoms with Crippen molar-refractivity contribution in [2.75, 3.05) is 4.72 Å². The number of hydrogen-bond donors (Lipinski definition) is 3. The Hall–Kier alpha value is -1.05. The van der Waals surface area contributed by atoms with Gasteiger partial charge >= 0.3 is 0 Å². The van der Waals surface area contributed by atoms with Crippen molar-refractivity contribution in [2.45, 2.75) is 19.9 Å². The van der Waals surface area contributed by atoms with Crippen LogP contribution in [-0.4, -0.2) is 19.6 Å². The molecule has 0 aliphatic heterocycles. The first-order chi connectivity index (χ1) is 7.71. The molecule has 0 saturated carbocycles. The smallest absolute Gasteiger partial charge is 0.299 e. The predicted octanol–water partition coefficient (Wildman–Crippen LogP) is 1.84. The molecule has 0 unspecified atom stereocenters. The lowest BCUT2D eigenvalue weighted by molar-refractivity contribution is 0.475. The predicted molar refractivity (Wildman–Crippen MR) is 63.9 cm³/mol. The van der Waals surface area contributed by atoms with E-state index in [1.54, 1.807) is 13.8 Å². The van der Waals surface area contributed by atoms with Crippen LogP contribution in [0, 0.1) is 5.82 Å². The van der Waals surface area contributed by atoms with E-state index in [-0.39, 0.29) is 16.8 Å². The molecule has 17 heavy (non-hydrogen) atoms. The minimum absolute atomic E-state index is 0.271. The van der Waals surface area contributed by atoms with Crippen molar-refractivity contribution in [1.82, 2.24) is 4.72 Å². The minimum Gasteiger partial charge on any atom is -0.504 e. The maximum absolute atomic E-state index is 13.0. The average molecular weight is 283 g/mol. The number of rotatable bonds is 4. The number of aromatic hydroxyl groups is 1. The van der Waals surface area contributed by atoms with Gasteiger partial charge in [-0.15, -0.1) is 0 Å². The summed E-state index contributed by atoms with van der Waals surface area (Å²) in [6.45, 7) is 3.25. The second kappa shape index (κ2) is 5.07. The lowest BCUT2D eigenvalue weighted by Crippen LogP contribution is -2.35. The van der Waals surface area contributed by atoms with Crippen molar-refractivity contribution < 1.29 is 17.9 Å². The van der Waals surface area contributed by atoms with Crippen molar-refractivity contribution in [1.29, 1.82) is 0 Å². The van der Waals surface area contributed by atoms with E-state index in [1.807, 2.05) is 4.72 Å². The van der Waals surface area contributed by atoms with Crippen LogP contribution in [0.2, 0.25) is 5.02 Å². The van der Waals surface area contributed by atoms with Crippen molar-refractivity contribution in [2.24, 2.45) is 0 Å². The number of phenols is 1. The summed E-state index contributed by atoms with van der Waals surface area (Å²) in [6, 6.07) is 1.38. The van der Waals surface area contributed by atoms with E-state index >= 15 is 0 Å². The molecule has 0 bridgehead atoms. The number of benzene rings is 1. The molecule has 0 aromatic heterocycles. The summed E-state index contributed by atoms with van der Waals surface area (Å²) in [7, 11) is -3.88. The molecular formula is C9H12ClFN2O3S. The normalized spacial score (nSPS) is 11.8. The zero-order chi connectivity index (χ0) is 13.2. The maximum atomic E-state index is 13.0. The van der Waals surface area contributed by atoms with Gasteiger partial charge in [-0.25, -0.2) is 4.39 Å². The molecule has 8 heteroatoms. The summed E-state index contributed by atoms with van der Waals surface area (Å²) < 4.78 is 40.2. The highest BCUT2D eigenvalue weighted by Gasteiger charge is 2.16. The fraction of sp³-hybridized carbons (Fsp3) is 0.333. The van der Waals surface area contributed by atoms with Gasteiger partial charge in [0.2, 0.25) is 0 Å². The summed E-state index contributed by atoms with van der Waals surface area (Å²) in [5.74, 6) is -1.28. The SMILES string of the molecule is CC(C)NS(=O)(=O)Nc1cc(F)cc(Cl)c1O. The van der Waals surface area contributed by atoms with Crippen LogP contribution in [0.4, 0.5) is 10.1 Å². The fourth-order valence-electron chi connectivity index (χ4n) is 1.13. The molecule has 0 aliphatic carbocycles. The Morgan fingerprint density at radius 3 is 2.53 bits per heavy atom. The first kappa shape index (κ1) is 14.0. The largest absolute Gasteiger partial charge is 0.504 e. The molecule has 0 saturated heterocycles. The Labute approximate surface area is 104 Å². The van der Waals surface area contributed by atoms with Gasteiger partial charge in [0.25, 0.3) is 10.2 Å². The molecule has 0 fully saturated rings. The van der Waals surface area contributed by atoms with Crippen LogP contribution in [0.1, 0.15) is 13.8 Å². The standard InChI is InChI=1S/C9H12ClFN2O3S/c1-5(2)12-17(15,16)13-8-4-6(11)3-7(10)9(8)14/h3-5,12-14H,1-2H3. The van der Waals surface area contributed by atoms with E-state index in [4.69, 9.17) is 11.6 Å².